The van der Waals surface area contributed by atoms with Gasteiger partial charge in [0.25, 0.3) is 9.28 Å². The fraction of sp³-hybridized carbons (Fsp3) is 1.00. The Hall–Kier alpha value is 0.748. The van der Waals surface area contributed by atoms with Crippen molar-refractivity contribution in [3.8, 4) is 0 Å². The van der Waals surface area contributed by atoms with E-state index in [2.05, 4.69) is 59.3 Å². The Kier molecular flexibility index (Phi) is 15.1. The van der Waals surface area contributed by atoms with E-state index in [1.54, 1.807) is 0 Å². The summed E-state index contributed by atoms with van der Waals surface area (Å²) in [6, 6.07) is 1.13. The SMILES string of the molecule is CCCCCCCCCCCCC[Si](C)(O[SiH](C)O[Si](C)(C)C)O[Si](C)(C)C. The van der Waals surface area contributed by atoms with Gasteiger partial charge in [0, 0.05) is 0 Å². The fourth-order valence-corrected chi connectivity index (χ4v) is 18.8. The molecule has 0 aliphatic heterocycles. The van der Waals surface area contributed by atoms with Gasteiger partial charge in [-0.3, -0.25) is 0 Å². The largest absolute Gasteiger partial charge is 0.439 e. The van der Waals surface area contributed by atoms with Crippen molar-refractivity contribution in [3.05, 3.63) is 0 Å². The minimum absolute atomic E-state index is 1.13. The molecule has 0 N–H and O–H groups in total. The van der Waals surface area contributed by atoms with Gasteiger partial charge in [0.05, 0.1) is 0 Å². The smallest absolute Gasteiger partial charge is 0.315 e. The average Bonchev–Trinajstić information content (AvgIpc) is 2.48. The van der Waals surface area contributed by atoms with Crippen LogP contribution in [0.2, 0.25) is 58.4 Å². The zero-order valence-corrected chi connectivity index (χ0v) is 24.9. The molecule has 0 aromatic heterocycles. The van der Waals surface area contributed by atoms with Crippen molar-refractivity contribution in [1.29, 1.82) is 0 Å². The minimum atomic E-state index is -2.12. The molecule has 170 valence electrons. The first-order chi connectivity index (χ1) is 12.9. The third kappa shape index (κ3) is 18.8. The zero-order valence-electron chi connectivity index (χ0n) is 20.8. The van der Waals surface area contributed by atoms with Gasteiger partial charge in [-0.15, -0.1) is 0 Å². The molecule has 0 aromatic carbocycles. The van der Waals surface area contributed by atoms with Crippen LogP contribution in [0.4, 0.5) is 0 Å². The van der Waals surface area contributed by atoms with Gasteiger partial charge in [-0.05, 0) is 58.4 Å². The molecular formula is C21H52O3Si4. The van der Waals surface area contributed by atoms with Crippen molar-refractivity contribution >= 4 is 34.5 Å². The highest BCUT2D eigenvalue weighted by Crippen LogP contribution is 2.25. The Morgan fingerprint density at radius 3 is 1.39 bits per heavy atom. The first kappa shape index (κ1) is 28.7. The molecule has 0 spiro atoms. The average molecular weight is 465 g/mol. The predicted octanol–water partition coefficient (Wildman–Crippen LogP) is 7.94. The van der Waals surface area contributed by atoms with Crippen LogP contribution in [0.25, 0.3) is 0 Å². The molecule has 0 aliphatic rings. The molecule has 0 radical (unpaired) electrons. The molecule has 0 heterocycles. The molecule has 0 saturated carbocycles. The maximum Gasteiger partial charge on any atom is 0.315 e. The van der Waals surface area contributed by atoms with Crippen LogP contribution in [0.5, 0.6) is 0 Å². The topological polar surface area (TPSA) is 27.7 Å². The van der Waals surface area contributed by atoms with Crippen LogP contribution in [0, 0.1) is 0 Å². The van der Waals surface area contributed by atoms with Crippen molar-refractivity contribution in [2.75, 3.05) is 0 Å². The van der Waals surface area contributed by atoms with Crippen molar-refractivity contribution in [2.24, 2.45) is 0 Å². The highest BCUT2D eigenvalue weighted by molar-refractivity contribution is 6.85. The quantitative estimate of drug-likeness (QED) is 0.152. The Balaban J connectivity index is 4.15. The summed E-state index contributed by atoms with van der Waals surface area (Å²) in [6.07, 6.45) is 15.2. The second-order valence-electron chi connectivity index (χ2n) is 10.5. The Labute approximate surface area is 182 Å². The fourth-order valence-electron chi connectivity index (χ4n) is 3.77. The molecule has 2 unspecified atom stereocenters. The summed E-state index contributed by atoms with van der Waals surface area (Å²) in [7, 11) is -6.86. The molecule has 2 atom stereocenters. The molecule has 0 rings (SSSR count). The molecule has 0 bridgehead atoms. The standard InChI is InChI=1S/C21H52O3Si4/c1-10-11-12-13-14-15-16-17-18-19-20-21-28(9,24-27(6,7)8)23-25(2)22-26(3,4)5/h25H,10-21H2,1-9H3. The van der Waals surface area contributed by atoms with Crippen LogP contribution in [-0.2, 0) is 12.3 Å². The minimum Gasteiger partial charge on any atom is -0.439 e. The van der Waals surface area contributed by atoms with E-state index in [1.165, 1.54) is 70.6 Å². The summed E-state index contributed by atoms with van der Waals surface area (Å²) in [5, 5.41) is 0. The van der Waals surface area contributed by atoms with Gasteiger partial charge < -0.3 is 12.3 Å². The van der Waals surface area contributed by atoms with Gasteiger partial charge in [-0.1, -0.05) is 77.6 Å². The number of rotatable bonds is 18. The second kappa shape index (κ2) is 14.7. The molecule has 0 aromatic rings. The van der Waals surface area contributed by atoms with Crippen LogP contribution in [0.15, 0.2) is 0 Å². The lowest BCUT2D eigenvalue weighted by atomic mass is 10.1. The number of unbranched alkanes of at least 4 members (excludes halogenated alkanes) is 10. The van der Waals surface area contributed by atoms with E-state index >= 15 is 0 Å². The monoisotopic (exact) mass is 464 g/mol. The van der Waals surface area contributed by atoms with Gasteiger partial charge in [0.2, 0.25) is 0 Å². The van der Waals surface area contributed by atoms with Gasteiger partial charge in [-0.2, -0.15) is 0 Å². The summed E-state index contributed by atoms with van der Waals surface area (Å²) in [5.41, 5.74) is 0. The van der Waals surface area contributed by atoms with Crippen molar-refractivity contribution < 1.29 is 12.3 Å². The molecule has 0 aliphatic carbocycles. The predicted molar refractivity (Wildman–Crippen MR) is 136 cm³/mol. The molecule has 0 fully saturated rings. The van der Waals surface area contributed by atoms with Gasteiger partial charge in [0.1, 0.15) is 0 Å². The maximum absolute atomic E-state index is 6.63. The van der Waals surface area contributed by atoms with Crippen LogP contribution in [0.1, 0.15) is 77.6 Å². The van der Waals surface area contributed by atoms with Gasteiger partial charge in [-0.25, -0.2) is 0 Å². The Bertz CT molecular complexity index is 383. The Morgan fingerprint density at radius 1 is 0.571 bits per heavy atom. The summed E-state index contributed by atoms with van der Waals surface area (Å²) >= 11 is 0. The van der Waals surface area contributed by atoms with E-state index in [4.69, 9.17) is 12.3 Å². The first-order valence-electron chi connectivity index (χ1n) is 11.9. The highest BCUT2D eigenvalue weighted by atomic mass is 28.5. The van der Waals surface area contributed by atoms with Crippen LogP contribution >= 0.6 is 0 Å². The van der Waals surface area contributed by atoms with E-state index in [0.29, 0.717) is 0 Å². The van der Waals surface area contributed by atoms with Crippen molar-refractivity contribution in [3.63, 3.8) is 0 Å². The molecule has 7 heteroatoms. The van der Waals surface area contributed by atoms with E-state index in [-0.39, 0.29) is 0 Å². The molecule has 3 nitrogen and oxygen atoms in total. The van der Waals surface area contributed by atoms with E-state index in [9.17, 15) is 0 Å². The number of hydrogen-bond acceptors (Lipinski definition) is 3. The third-order valence-corrected chi connectivity index (χ3v) is 17.6. The second-order valence-corrected chi connectivity index (χ2v) is 25.6. The Morgan fingerprint density at radius 2 is 1.00 bits per heavy atom. The summed E-state index contributed by atoms with van der Waals surface area (Å²) in [5.74, 6) is 0. The lowest BCUT2D eigenvalue weighted by molar-refractivity contribution is 0.341. The third-order valence-electron chi connectivity index (χ3n) is 4.69. The van der Waals surface area contributed by atoms with E-state index in [0.717, 1.165) is 6.04 Å². The maximum atomic E-state index is 6.63. The lowest BCUT2D eigenvalue weighted by Gasteiger charge is -2.37. The molecule has 28 heavy (non-hydrogen) atoms. The van der Waals surface area contributed by atoms with E-state index in [1.807, 2.05) is 0 Å². The molecule has 0 saturated heterocycles. The first-order valence-corrected chi connectivity index (χ1v) is 23.4. The van der Waals surface area contributed by atoms with Crippen molar-refractivity contribution in [1.82, 2.24) is 0 Å². The summed E-state index contributed by atoms with van der Waals surface area (Å²) in [4.78, 5) is 0. The zero-order chi connectivity index (χ0) is 21.7. The molecule has 0 amide bonds. The van der Waals surface area contributed by atoms with Gasteiger partial charge >= 0.3 is 8.56 Å². The lowest BCUT2D eigenvalue weighted by Crippen LogP contribution is -2.51. The number of hydrogen-bond donors (Lipinski definition) is 0. The van der Waals surface area contributed by atoms with Gasteiger partial charge in [0.15, 0.2) is 16.6 Å². The summed E-state index contributed by atoms with van der Waals surface area (Å²) < 4.78 is 19.5. The molecular weight excluding hydrogens is 413 g/mol. The van der Waals surface area contributed by atoms with E-state index < -0.39 is 34.5 Å². The highest BCUT2D eigenvalue weighted by Gasteiger charge is 2.38. The van der Waals surface area contributed by atoms with Crippen LogP contribution in [-0.4, -0.2) is 34.5 Å². The van der Waals surface area contributed by atoms with Crippen molar-refractivity contribution in [2.45, 2.75) is 136 Å². The normalized spacial score (nSPS) is 16.2. The summed E-state index contributed by atoms with van der Waals surface area (Å²) in [6.45, 7) is 20.4. The van der Waals surface area contributed by atoms with Crippen LogP contribution < -0.4 is 0 Å². The van der Waals surface area contributed by atoms with Crippen LogP contribution in [0.3, 0.4) is 0 Å².